The average Bonchev–Trinajstić information content (AvgIpc) is 3.43. The maximum atomic E-state index is 13.8. The van der Waals surface area contributed by atoms with Crippen LogP contribution in [-0.2, 0) is 43.2 Å². The third kappa shape index (κ3) is 9.25. The number of rotatable bonds is 15. The number of hydrogen-bond donors (Lipinski definition) is 7. The van der Waals surface area contributed by atoms with Crippen LogP contribution < -0.4 is 27.4 Å². The Kier molecular flexibility index (Phi) is 11.0. The van der Waals surface area contributed by atoms with E-state index in [9.17, 15) is 29.1 Å². The van der Waals surface area contributed by atoms with Gasteiger partial charge in [-0.05, 0) is 22.8 Å². The molecule has 4 atom stereocenters. The molecule has 0 saturated heterocycles. The lowest BCUT2D eigenvalue weighted by atomic mass is 10.0. The van der Waals surface area contributed by atoms with Crippen LogP contribution in [0.2, 0.25) is 0 Å². The van der Waals surface area contributed by atoms with Gasteiger partial charge in [0.05, 0.1) is 12.5 Å². The SMILES string of the molecule is NC(=O)CC(N)C(=O)NC(Cc1ccccc1)C(=O)NC(Cc1c[nH]c2ccccc12)C(=O)NC(Cc1ccccc1)C(=O)O. The summed E-state index contributed by atoms with van der Waals surface area (Å²) in [6.45, 7) is 0. The van der Waals surface area contributed by atoms with Crippen molar-refractivity contribution in [2.45, 2.75) is 49.9 Å². The molecule has 0 radical (unpaired) electrons. The fraction of sp³-hybridized carbons (Fsp3) is 0.242. The average molecular weight is 613 g/mol. The number of nitrogens with two attached hydrogens (primary N) is 2. The number of aliphatic carboxylic acids is 1. The highest BCUT2D eigenvalue weighted by Gasteiger charge is 2.31. The summed E-state index contributed by atoms with van der Waals surface area (Å²) in [6.07, 6.45) is 1.40. The Morgan fingerprint density at radius 1 is 0.667 bits per heavy atom. The van der Waals surface area contributed by atoms with Crippen LogP contribution in [0.25, 0.3) is 10.9 Å². The molecule has 0 saturated carbocycles. The Morgan fingerprint density at radius 2 is 1.16 bits per heavy atom. The number of carboxylic acids is 1. The molecule has 1 heterocycles. The molecule has 0 spiro atoms. The molecule has 0 aliphatic rings. The van der Waals surface area contributed by atoms with Crippen molar-refractivity contribution in [2.75, 3.05) is 0 Å². The summed E-state index contributed by atoms with van der Waals surface area (Å²) in [6, 6.07) is 20.2. The molecule has 9 N–H and O–H groups in total. The van der Waals surface area contributed by atoms with Crippen molar-refractivity contribution in [1.29, 1.82) is 0 Å². The van der Waals surface area contributed by atoms with E-state index >= 15 is 0 Å². The van der Waals surface area contributed by atoms with E-state index in [1.54, 1.807) is 66.9 Å². The highest BCUT2D eigenvalue weighted by molar-refractivity contribution is 5.95. The van der Waals surface area contributed by atoms with Crippen LogP contribution in [0.4, 0.5) is 0 Å². The van der Waals surface area contributed by atoms with E-state index in [2.05, 4.69) is 20.9 Å². The van der Waals surface area contributed by atoms with Gasteiger partial charge >= 0.3 is 5.97 Å². The fourth-order valence-corrected chi connectivity index (χ4v) is 4.97. The van der Waals surface area contributed by atoms with Crippen LogP contribution >= 0.6 is 0 Å². The van der Waals surface area contributed by atoms with Crippen LogP contribution in [0.5, 0.6) is 0 Å². The Bertz CT molecular complexity index is 1640. The predicted octanol–water partition coefficient (Wildman–Crippen LogP) is 0.938. The lowest BCUT2D eigenvalue weighted by Gasteiger charge is -2.25. The van der Waals surface area contributed by atoms with Crippen LogP contribution in [-0.4, -0.2) is 63.9 Å². The number of aromatic nitrogens is 1. The van der Waals surface area contributed by atoms with Crippen molar-refractivity contribution < 1.29 is 29.1 Å². The highest BCUT2D eigenvalue weighted by Crippen LogP contribution is 2.19. The summed E-state index contributed by atoms with van der Waals surface area (Å²) >= 11 is 0. The molecule has 0 aliphatic carbocycles. The van der Waals surface area contributed by atoms with Gasteiger partial charge in [-0.25, -0.2) is 4.79 Å². The number of amides is 4. The molecule has 234 valence electrons. The lowest BCUT2D eigenvalue weighted by Crippen LogP contribution is -2.58. The number of para-hydroxylation sites is 1. The fourth-order valence-electron chi connectivity index (χ4n) is 4.97. The van der Waals surface area contributed by atoms with Gasteiger partial charge in [-0.15, -0.1) is 0 Å². The second-order valence-electron chi connectivity index (χ2n) is 10.7. The predicted molar refractivity (Wildman–Crippen MR) is 168 cm³/mol. The number of primary amides is 1. The first-order valence-electron chi connectivity index (χ1n) is 14.4. The Morgan fingerprint density at radius 3 is 1.73 bits per heavy atom. The number of fused-ring (bicyclic) bond motifs is 1. The van der Waals surface area contributed by atoms with Gasteiger partial charge in [-0.1, -0.05) is 78.9 Å². The van der Waals surface area contributed by atoms with Crippen LogP contribution in [0, 0.1) is 0 Å². The molecule has 1 aromatic heterocycles. The van der Waals surface area contributed by atoms with E-state index in [1.807, 2.05) is 24.3 Å². The lowest BCUT2D eigenvalue weighted by molar-refractivity contribution is -0.142. The number of hydrogen-bond acceptors (Lipinski definition) is 6. The first kappa shape index (κ1) is 32.4. The summed E-state index contributed by atoms with van der Waals surface area (Å²) in [5.41, 5.74) is 14.0. The zero-order chi connectivity index (χ0) is 32.3. The van der Waals surface area contributed by atoms with Crippen molar-refractivity contribution in [3.63, 3.8) is 0 Å². The smallest absolute Gasteiger partial charge is 0.326 e. The monoisotopic (exact) mass is 612 g/mol. The van der Waals surface area contributed by atoms with E-state index < -0.39 is 60.2 Å². The van der Waals surface area contributed by atoms with E-state index in [0.29, 0.717) is 16.7 Å². The minimum atomic E-state index is -1.28. The summed E-state index contributed by atoms with van der Waals surface area (Å²) in [5, 5.41) is 18.6. The first-order valence-corrected chi connectivity index (χ1v) is 14.4. The summed E-state index contributed by atoms with van der Waals surface area (Å²) in [4.78, 5) is 67.0. The van der Waals surface area contributed by atoms with Crippen molar-refractivity contribution in [3.8, 4) is 0 Å². The molecule has 45 heavy (non-hydrogen) atoms. The normalized spacial score (nSPS) is 13.6. The minimum absolute atomic E-state index is 0.0203. The zero-order valence-corrected chi connectivity index (χ0v) is 24.4. The van der Waals surface area contributed by atoms with Crippen LogP contribution in [0.3, 0.4) is 0 Å². The van der Waals surface area contributed by atoms with E-state index in [0.717, 1.165) is 10.9 Å². The van der Waals surface area contributed by atoms with Gasteiger partial charge in [0.1, 0.15) is 18.1 Å². The number of carbonyl (C=O) groups is 5. The Hall–Kier alpha value is -5.49. The summed E-state index contributed by atoms with van der Waals surface area (Å²) in [5.74, 6) is -4.19. The molecular formula is C33H36N6O6. The molecule has 0 aliphatic heterocycles. The third-order valence-corrected chi connectivity index (χ3v) is 7.30. The molecule has 4 aromatic rings. The van der Waals surface area contributed by atoms with E-state index in [-0.39, 0.29) is 19.3 Å². The largest absolute Gasteiger partial charge is 0.480 e. The van der Waals surface area contributed by atoms with Crippen molar-refractivity contribution in [1.82, 2.24) is 20.9 Å². The van der Waals surface area contributed by atoms with E-state index in [1.165, 1.54) is 0 Å². The van der Waals surface area contributed by atoms with Crippen molar-refractivity contribution in [3.05, 3.63) is 108 Å². The maximum Gasteiger partial charge on any atom is 0.326 e. The van der Waals surface area contributed by atoms with Gasteiger partial charge in [-0.3, -0.25) is 19.2 Å². The van der Waals surface area contributed by atoms with E-state index in [4.69, 9.17) is 11.5 Å². The van der Waals surface area contributed by atoms with Crippen LogP contribution in [0.1, 0.15) is 23.1 Å². The van der Waals surface area contributed by atoms with Crippen LogP contribution in [0.15, 0.2) is 91.1 Å². The van der Waals surface area contributed by atoms with Gasteiger partial charge in [0.2, 0.25) is 23.6 Å². The molecule has 4 unspecified atom stereocenters. The standard InChI is InChI=1S/C33H36N6O6/c34-24(18-29(35)40)30(41)37-26(15-20-9-3-1-4-10-20)31(42)38-27(17-22-19-36-25-14-8-7-13-23(22)25)32(43)39-28(33(44)45)16-21-11-5-2-6-12-21/h1-14,19,24,26-28,36H,15-18,34H2,(H2,35,40)(H,37,41)(H,38,42)(H,39,43)(H,44,45). The van der Waals surface area contributed by atoms with Crippen molar-refractivity contribution >= 4 is 40.5 Å². The molecule has 12 nitrogen and oxygen atoms in total. The molecular weight excluding hydrogens is 576 g/mol. The number of aromatic amines is 1. The highest BCUT2D eigenvalue weighted by atomic mass is 16.4. The second kappa shape index (κ2) is 15.3. The van der Waals surface area contributed by atoms with Gasteiger partial charge in [0.15, 0.2) is 0 Å². The van der Waals surface area contributed by atoms with Gasteiger partial charge in [0, 0.05) is 36.4 Å². The first-order chi connectivity index (χ1) is 21.6. The topological polar surface area (TPSA) is 209 Å². The number of H-pyrrole nitrogens is 1. The molecule has 4 amide bonds. The Labute approximate surface area is 259 Å². The number of nitrogens with one attached hydrogen (secondary N) is 4. The molecule has 12 heteroatoms. The third-order valence-electron chi connectivity index (χ3n) is 7.30. The molecule has 0 fully saturated rings. The molecule has 0 bridgehead atoms. The van der Waals surface area contributed by atoms with Crippen molar-refractivity contribution in [2.24, 2.45) is 11.5 Å². The molecule has 4 rings (SSSR count). The minimum Gasteiger partial charge on any atom is -0.480 e. The number of carbonyl (C=O) groups excluding carboxylic acids is 4. The summed E-state index contributed by atoms with van der Waals surface area (Å²) in [7, 11) is 0. The van der Waals surface area contributed by atoms with Gasteiger partial charge in [-0.2, -0.15) is 0 Å². The number of carboxylic acid groups (broad SMARTS) is 1. The van der Waals surface area contributed by atoms with Gasteiger partial charge < -0.3 is 37.5 Å². The summed E-state index contributed by atoms with van der Waals surface area (Å²) < 4.78 is 0. The van der Waals surface area contributed by atoms with Gasteiger partial charge in [0.25, 0.3) is 0 Å². The quantitative estimate of drug-likeness (QED) is 0.103. The second-order valence-corrected chi connectivity index (χ2v) is 10.7. The molecule has 3 aromatic carbocycles. The Balaban J connectivity index is 1.60. The zero-order valence-electron chi connectivity index (χ0n) is 24.4. The maximum absolute atomic E-state index is 13.8. The number of benzene rings is 3.